The van der Waals surface area contributed by atoms with E-state index in [0.29, 0.717) is 28.9 Å². The standard InChI is InChI=1S/C10H16N2O2S2/c1-2-12(6-8-3-4-8)16(13,14)10-5-9(11)7-15-10/h5,7-8H,2-4,6,11H2,1H3. The van der Waals surface area contributed by atoms with E-state index in [-0.39, 0.29) is 0 Å². The Balaban J connectivity index is 2.21. The van der Waals surface area contributed by atoms with Crippen LogP contribution in [-0.2, 0) is 10.0 Å². The van der Waals surface area contributed by atoms with Crippen LogP contribution < -0.4 is 5.73 Å². The average Bonchev–Trinajstić information content (AvgIpc) is 2.95. The molecule has 0 saturated heterocycles. The maximum absolute atomic E-state index is 12.2. The third kappa shape index (κ3) is 2.39. The Bertz CT molecular complexity index is 463. The molecule has 0 unspecified atom stereocenters. The maximum atomic E-state index is 12.2. The van der Waals surface area contributed by atoms with Crippen LogP contribution >= 0.6 is 11.3 Å². The highest BCUT2D eigenvalue weighted by atomic mass is 32.2. The van der Waals surface area contributed by atoms with Crippen molar-refractivity contribution in [1.82, 2.24) is 4.31 Å². The lowest BCUT2D eigenvalue weighted by atomic mass is 10.4. The van der Waals surface area contributed by atoms with Crippen LogP contribution in [-0.4, -0.2) is 25.8 Å². The van der Waals surface area contributed by atoms with Gasteiger partial charge in [0.05, 0.1) is 0 Å². The first-order valence-corrected chi connectivity index (χ1v) is 7.70. The van der Waals surface area contributed by atoms with Crippen molar-refractivity contribution in [1.29, 1.82) is 0 Å². The quantitative estimate of drug-likeness (QED) is 0.877. The number of nitrogen functional groups attached to an aromatic ring is 1. The molecule has 4 nitrogen and oxygen atoms in total. The lowest BCUT2D eigenvalue weighted by Gasteiger charge is -2.18. The van der Waals surface area contributed by atoms with Crippen LogP contribution in [0, 0.1) is 5.92 Å². The molecule has 2 rings (SSSR count). The third-order valence-electron chi connectivity index (χ3n) is 2.70. The Hall–Kier alpha value is -0.590. The van der Waals surface area contributed by atoms with Crippen LogP contribution in [0.3, 0.4) is 0 Å². The van der Waals surface area contributed by atoms with Gasteiger partial charge < -0.3 is 5.73 Å². The van der Waals surface area contributed by atoms with Gasteiger partial charge >= 0.3 is 0 Å². The van der Waals surface area contributed by atoms with E-state index in [4.69, 9.17) is 5.73 Å². The Morgan fingerprint density at radius 2 is 2.25 bits per heavy atom. The molecule has 0 aliphatic heterocycles. The molecule has 0 amide bonds. The molecule has 0 radical (unpaired) electrons. The molecule has 0 spiro atoms. The van der Waals surface area contributed by atoms with Crippen LogP contribution in [0.5, 0.6) is 0 Å². The van der Waals surface area contributed by atoms with Crippen molar-refractivity contribution in [3.8, 4) is 0 Å². The van der Waals surface area contributed by atoms with Crippen LogP contribution in [0.4, 0.5) is 5.69 Å². The molecule has 6 heteroatoms. The Kier molecular flexibility index (Phi) is 3.23. The van der Waals surface area contributed by atoms with Crippen LogP contribution in [0.15, 0.2) is 15.7 Å². The highest BCUT2D eigenvalue weighted by Crippen LogP contribution is 2.32. The van der Waals surface area contributed by atoms with Crippen molar-refractivity contribution in [2.45, 2.75) is 24.0 Å². The molecule has 0 atom stereocenters. The van der Waals surface area contributed by atoms with E-state index in [1.807, 2.05) is 6.92 Å². The summed E-state index contributed by atoms with van der Waals surface area (Å²) in [6.07, 6.45) is 2.30. The summed E-state index contributed by atoms with van der Waals surface area (Å²) in [4.78, 5) is 0. The number of anilines is 1. The highest BCUT2D eigenvalue weighted by molar-refractivity contribution is 7.91. The van der Waals surface area contributed by atoms with Crippen LogP contribution in [0.25, 0.3) is 0 Å². The smallest absolute Gasteiger partial charge is 0.252 e. The third-order valence-corrected chi connectivity index (χ3v) is 6.08. The van der Waals surface area contributed by atoms with Gasteiger partial charge in [-0.3, -0.25) is 0 Å². The molecule has 1 aromatic rings. The number of rotatable bonds is 5. The molecule has 16 heavy (non-hydrogen) atoms. The first kappa shape index (κ1) is 11.9. The molecule has 0 aromatic carbocycles. The lowest BCUT2D eigenvalue weighted by molar-refractivity contribution is 0.413. The molecule has 1 aromatic heterocycles. The van der Waals surface area contributed by atoms with Gasteiger partial charge in [-0.15, -0.1) is 11.3 Å². The normalized spacial score (nSPS) is 16.9. The average molecular weight is 260 g/mol. The van der Waals surface area contributed by atoms with Crippen LogP contribution in [0.1, 0.15) is 19.8 Å². The van der Waals surface area contributed by atoms with Crippen molar-refractivity contribution in [2.75, 3.05) is 18.8 Å². The number of nitrogens with two attached hydrogens (primary N) is 1. The van der Waals surface area contributed by atoms with Crippen molar-refractivity contribution < 1.29 is 8.42 Å². The fourth-order valence-electron chi connectivity index (χ4n) is 1.58. The Labute approximate surface area is 100 Å². The summed E-state index contributed by atoms with van der Waals surface area (Å²) in [5, 5.41) is 1.66. The number of nitrogens with zero attached hydrogens (tertiary/aromatic N) is 1. The zero-order valence-corrected chi connectivity index (χ0v) is 10.9. The predicted molar refractivity (Wildman–Crippen MR) is 65.9 cm³/mol. The van der Waals surface area contributed by atoms with Gasteiger partial charge in [-0.25, -0.2) is 8.42 Å². The van der Waals surface area contributed by atoms with Crippen LogP contribution in [0.2, 0.25) is 0 Å². The van der Waals surface area contributed by atoms with E-state index in [1.54, 1.807) is 9.69 Å². The number of hydrogen-bond donors (Lipinski definition) is 1. The minimum Gasteiger partial charge on any atom is -0.398 e. The first-order valence-electron chi connectivity index (χ1n) is 5.38. The SMILES string of the molecule is CCN(CC1CC1)S(=O)(=O)c1cc(N)cs1. The maximum Gasteiger partial charge on any atom is 0.252 e. The molecular weight excluding hydrogens is 244 g/mol. The number of sulfonamides is 1. The van der Waals surface area contributed by atoms with Gasteiger partial charge in [-0.05, 0) is 24.8 Å². The van der Waals surface area contributed by atoms with E-state index >= 15 is 0 Å². The van der Waals surface area contributed by atoms with Gasteiger partial charge in [-0.2, -0.15) is 4.31 Å². The summed E-state index contributed by atoms with van der Waals surface area (Å²) in [5.74, 6) is 0.562. The molecule has 1 heterocycles. The molecular formula is C10H16N2O2S2. The largest absolute Gasteiger partial charge is 0.398 e. The van der Waals surface area contributed by atoms with E-state index in [1.165, 1.54) is 17.4 Å². The number of thiophene rings is 1. The topological polar surface area (TPSA) is 63.4 Å². The van der Waals surface area contributed by atoms with E-state index in [9.17, 15) is 8.42 Å². The molecule has 1 saturated carbocycles. The van der Waals surface area contributed by atoms with Gasteiger partial charge in [0.25, 0.3) is 10.0 Å². The second-order valence-corrected chi connectivity index (χ2v) is 7.17. The second kappa shape index (κ2) is 4.35. The fraction of sp³-hybridized carbons (Fsp3) is 0.600. The Morgan fingerprint density at radius 1 is 1.56 bits per heavy atom. The predicted octanol–water partition coefficient (Wildman–Crippen LogP) is 1.75. The van der Waals surface area contributed by atoms with Gasteiger partial charge in [0.2, 0.25) is 0 Å². The van der Waals surface area contributed by atoms with Gasteiger partial charge in [0, 0.05) is 24.2 Å². The summed E-state index contributed by atoms with van der Waals surface area (Å²) in [5.41, 5.74) is 6.08. The van der Waals surface area contributed by atoms with Gasteiger partial charge in [0.1, 0.15) is 4.21 Å². The molecule has 90 valence electrons. The number of hydrogen-bond acceptors (Lipinski definition) is 4. The molecule has 1 aliphatic carbocycles. The minimum atomic E-state index is -3.31. The van der Waals surface area contributed by atoms with Crippen molar-refractivity contribution in [3.05, 3.63) is 11.4 Å². The summed E-state index contributed by atoms with van der Waals surface area (Å²) >= 11 is 1.19. The summed E-state index contributed by atoms with van der Waals surface area (Å²) in [6, 6.07) is 1.54. The fourth-order valence-corrected chi connectivity index (χ4v) is 4.34. The summed E-state index contributed by atoms with van der Waals surface area (Å²) in [7, 11) is -3.31. The van der Waals surface area contributed by atoms with E-state index in [0.717, 1.165) is 12.8 Å². The highest BCUT2D eigenvalue weighted by Gasteiger charge is 2.31. The van der Waals surface area contributed by atoms with E-state index < -0.39 is 10.0 Å². The Morgan fingerprint density at radius 3 is 2.69 bits per heavy atom. The summed E-state index contributed by atoms with van der Waals surface area (Å²) in [6.45, 7) is 3.05. The van der Waals surface area contributed by atoms with Crippen molar-refractivity contribution in [3.63, 3.8) is 0 Å². The first-order chi connectivity index (χ1) is 7.54. The molecule has 1 aliphatic rings. The van der Waals surface area contributed by atoms with Crippen molar-refractivity contribution in [2.24, 2.45) is 5.92 Å². The zero-order chi connectivity index (χ0) is 11.8. The molecule has 2 N–H and O–H groups in total. The van der Waals surface area contributed by atoms with Gasteiger partial charge in [0.15, 0.2) is 0 Å². The monoisotopic (exact) mass is 260 g/mol. The summed E-state index contributed by atoms with van der Waals surface area (Å²) < 4.78 is 26.3. The van der Waals surface area contributed by atoms with Gasteiger partial charge in [-0.1, -0.05) is 6.92 Å². The lowest BCUT2D eigenvalue weighted by Crippen LogP contribution is -2.32. The van der Waals surface area contributed by atoms with E-state index in [2.05, 4.69) is 0 Å². The minimum absolute atomic E-state index is 0.354. The zero-order valence-electron chi connectivity index (χ0n) is 9.22. The van der Waals surface area contributed by atoms with Crippen molar-refractivity contribution >= 4 is 27.0 Å². The molecule has 0 bridgehead atoms. The second-order valence-electron chi connectivity index (χ2n) is 4.10. The molecule has 1 fully saturated rings.